The molecular formula is C23H14ClN5O. The maximum absolute atomic E-state index is 9.91. The molecule has 0 saturated carbocycles. The van der Waals surface area contributed by atoms with E-state index in [1.807, 2.05) is 30.3 Å². The zero-order valence-corrected chi connectivity index (χ0v) is 16.3. The summed E-state index contributed by atoms with van der Waals surface area (Å²) in [6.07, 6.45) is 4.20. The Hall–Kier alpha value is -3.79. The molecule has 4 aromatic rings. The molecule has 144 valence electrons. The van der Waals surface area contributed by atoms with Crippen molar-refractivity contribution < 1.29 is 5.11 Å². The van der Waals surface area contributed by atoms with Gasteiger partial charge in [0.15, 0.2) is 5.82 Å². The topological polar surface area (TPSA) is 94.7 Å². The minimum Gasteiger partial charge on any atom is -0.370 e. The maximum atomic E-state index is 9.91. The van der Waals surface area contributed by atoms with Gasteiger partial charge in [0.2, 0.25) is 0 Å². The van der Waals surface area contributed by atoms with E-state index in [9.17, 15) is 10.4 Å². The van der Waals surface area contributed by atoms with Crippen molar-refractivity contribution >= 4 is 34.4 Å². The van der Waals surface area contributed by atoms with Crippen LogP contribution in [-0.4, -0.2) is 26.3 Å². The molecular weight excluding hydrogens is 398 g/mol. The van der Waals surface area contributed by atoms with Crippen molar-refractivity contribution in [3.05, 3.63) is 77.1 Å². The van der Waals surface area contributed by atoms with Crippen LogP contribution >= 0.6 is 11.6 Å². The molecule has 2 aromatic carbocycles. The molecule has 0 aliphatic carbocycles. The number of nitrogens with one attached hydrogen (secondary N) is 1. The van der Waals surface area contributed by atoms with Gasteiger partial charge in [0.25, 0.3) is 0 Å². The molecule has 0 amide bonds. The Labute approximate surface area is 177 Å². The number of pyridine rings is 1. The van der Waals surface area contributed by atoms with Crippen LogP contribution in [-0.2, 0) is 0 Å². The van der Waals surface area contributed by atoms with E-state index in [0.717, 1.165) is 16.5 Å². The third-order valence-electron chi connectivity index (χ3n) is 4.84. The fourth-order valence-electron chi connectivity index (χ4n) is 3.46. The van der Waals surface area contributed by atoms with Crippen LogP contribution in [0.1, 0.15) is 11.3 Å². The van der Waals surface area contributed by atoms with Gasteiger partial charge in [-0.05, 0) is 42.5 Å². The summed E-state index contributed by atoms with van der Waals surface area (Å²) in [5.74, 6) is 0.472. The third kappa shape index (κ3) is 3.16. The predicted octanol–water partition coefficient (Wildman–Crippen LogP) is 4.64. The first kappa shape index (κ1) is 18.3. The number of benzene rings is 2. The number of nitrogens with zero attached hydrogens (tertiary/aromatic N) is 4. The molecule has 3 heterocycles. The van der Waals surface area contributed by atoms with Crippen molar-refractivity contribution in [1.82, 2.24) is 15.0 Å². The van der Waals surface area contributed by atoms with E-state index >= 15 is 0 Å². The Kier molecular flexibility index (Phi) is 4.40. The van der Waals surface area contributed by atoms with Crippen molar-refractivity contribution in [2.75, 3.05) is 5.32 Å². The molecule has 1 unspecified atom stereocenters. The van der Waals surface area contributed by atoms with Crippen LogP contribution in [0.15, 0.2) is 60.8 Å². The van der Waals surface area contributed by atoms with Gasteiger partial charge in [-0.15, -0.1) is 0 Å². The van der Waals surface area contributed by atoms with Gasteiger partial charge in [-0.3, -0.25) is 4.98 Å². The van der Waals surface area contributed by atoms with Gasteiger partial charge in [0.1, 0.15) is 11.9 Å². The summed E-state index contributed by atoms with van der Waals surface area (Å²) in [5, 5.41) is 23.5. The maximum Gasteiger partial charge on any atom is 0.154 e. The monoisotopic (exact) mass is 411 g/mol. The zero-order valence-electron chi connectivity index (χ0n) is 15.5. The molecule has 6 nitrogen and oxygen atoms in total. The Morgan fingerprint density at radius 2 is 1.90 bits per heavy atom. The van der Waals surface area contributed by atoms with Gasteiger partial charge in [-0.25, -0.2) is 9.97 Å². The minimum atomic E-state index is -0.836. The quantitative estimate of drug-likeness (QED) is 0.499. The molecule has 1 aliphatic rings. The van der Waals surface area contributed by atoms with E-state index < -0.39 is 6.23 Å². The molecule has 2 N–H and O–H groups in total. The van der Waals surface area contributed by atoms with Crippen LogP contribution < -0.4 is 5.32 Å². The van der Waals surface area contributed by atoms with E-state index in [1.165, 1.54) is 0 Å². The molecule has 0 saturated heterocycles. The second-order valence-corrected chi connectivity index (χ2v) is 7.24. The Morgan fingerprint density at radius 3 is 2.77 bits per heavy atom. The van der Waals surface area contributed by atoms with Crippen molar-refractivity contribution in [3.8, 4) is 28.6 Å². The fraction of sp³-hybridized carbons (Fsp3) is 0.0435. The summed E-state index contributed by atoms with van der Waals surface area (Å²) in [5.41, 5.74) is 4.58. The molecule has 1 atom stereocenters. The lowest BCUT2D eigenvalue weighted by atomic mass is 10.0. The summed E-state index contributed by atoms with van der Waals surface area (Å²) in [6.45, 7) is 0. The fourth-order valence-corrected chi connectivity index (χ4v) is 3.74. The molecule has 1 aliphatic heterocycles. The minimum absolute atomic E-state index is 0.472. The highest BCUT2D eigenvalue weighted by Crippen LogP contribution is 2.36. The summed E-state index contributed by atoms with van der Waals surface area (Å²) in [6, 6.07) is 16.9. The Bertz CT molecular complexity index is 1380. The van der Waals surface area contributed by atoms with Crippen LogP contribution in [0.25, 0.3) is 39.5 Å². The van der Waals surface area contributed by atoms with Crippen molar-refractivity contribution in [1.29, 1.82) is 5.26 Å². The molecule has 30 heavy (non-hydrogen) atoms. The van der Waals surface area contributed by atoms with Crippen LogP contribution in [0.2, 0.25) is 5.02 Å². The SMILES string of the molecule is N#Cc1cccc(-c2nc3c(nc2-c2cc(Cl)c4ncccc4c2)C=CC(O)N3)c1. The second kappa shape index (κ2) is 7.23. The summed E-state index contributed by atoms with van der Waals surface area (Å²) >= 11 is 6.51. The summed E-state index contributed by atoms with van der Waals surface area (Å²) in [7, 11) is 0. The van der Waals surface area contributed by atoms with Gasteiger partial charge in [-0.1, -0.05) is 29.8 Å². The summed E-state index contributed by atoms with van der Waals surface area (Å²) in [4.78, 5) is 13.9. The number of aromatic nitrogens is 3. The van der Waals surface area contributed by atoms with Crippen LogP contribution in [0.5, 0.6) is 0 Å². The van der Waals surface area contributed by atoms with Gasteiger partial charge in [0.05, 0.1) is 33.6 Å². The normalized spacial score (nSPS) is 14.8. The highest BCUT2D eigenvalue weighted by Gasteiger charge is 2.20. The van der Waals surface area contributed by atoms with E-state index in [2.05, 4.69) is 16.4 Å². The van der Waals surface area contributed by atoms with Gasteiger partial charge < -0.3 is 10.4 Å². The van der Waals surface area contributed by atoms with E-state index in [-0.39, 0.29) is 0 Å². The van der Waals surface area contributed by atoms with Crippen LogP contribution in [0.4, 0.5) is 5.82 Å². The van der Waals surface area contributed by atoms with Gasteiger partial charge in [0, 0.05) is 22.7 Å². The van der Waals surface area contributed by atoms with Crippen molar-refractivity contribution in [2.45, 2.75) is 6.23 Å². The number of hydrogen-bond acceptors (Lipinski definition) is 6. The molecule has 0 bridgehead atoms. The first-order chi connectivity index (χ1) is 14.6. The average molecular weight is 412 g/mol. The number of aliphatic hydroxyl groups excluding tert-OH is 1. The van der Waals surface area contributed by atoms with E-state index in [0.29, 0.717) is 39.0 Å². The number of hydrogen-bond donors (Lipinski definition) is 2. The lowest BCUT2D eigenvalue weighted by Crippen LogP contribution is -2.21. The lowest BCUT2D eigenvalue weighted by Gasteiger charge is -2.19. The largest absolute Gasteiger partial charge is 0.370 e. The predicted molar refractivity (Wildman–Crippen MR) is 117 cm³/mol. The van der Waals surface area contributed by atoms with Crippen molar-refractivity contribution in [2.24, 2.45) is 0 Å². The first-order valence-electron chi connectivity index (χ1n) is 9.22. The number of nitriles is 1. The molecule has 0 spiro atoms. The molecule has 0 fully saturated rings. The van der Waals surface area contributed by atoms with Crippen LogP contribution in [0.3, 0.4) is 0 Å². The standard InChI is InChI=1S/C23H14ClN5O/c24-17-11-16(10-15-5-2-8-26-20(15)17)22-21(14-4-1-3-13(9-14)12-25)29-23-18(27-22)6-7-19(30)28-23/h1-11,19,30H,(H,28,29). The highest BCUT2D eigenvalue weighted by molar-refractivity contribution is 6.35. The Balaban J connectivity index is 1.79. The van der Waals surface area contributed by atoms with Gasteiger partial charge >= 0.3 is 0 Å². The number of rotatable bonds is 2. The number of anilines is 1. The van der Waals surface area contributed by atoms with E-state index in [4.69, 9.17) is 21.6 Å². The lowest BCUT2D eigenvalue weighted by molar-refractivity contribution is 0.251. The Morgan fingerprint density at radius 1 is 1.03 bits per heavy atom. The van der Waals surface area contributed by atoms with Crippen molar-refractivity contribution in [3.63, 3.8) is 0 Å². The van der Waals surface area contributed by atoms with Gasteiger partial charge in [-0.2, -0.15) is 5.26 Å². The zero-order chi connectivity index (χ0) is 20.7. The molecule has 0 radical (unpaired) electrons. The smallest absolute Gasteiger partial charge is 0.154 e. The summed E-state index contributed by atoms with van der Waals surface area (Å²) < 4.78 is 0. The molecule has 7 heteroatoms. The number of fused-ring (bicyclic) bond motifs is 2. The molecule has 5 rings (SSSR count). The third-order valence-corrected chi connectivity index (χ3v) is 5.13. The average Bonchev–Trinajstić information content (AvgIpc) is 2.78. The van der Waals surface area contributed by atoms with E-state index in [1.54, 1.807) is 36.5 Å². The first-order valence-corrected chi connectivity index (χ1v) is 9.60. The highest BCUT2D eigenvalue weighted by atomic mass is 35.5. The number of halogens is 1. The second-order valence-electron chi connectivity index (χ2n) is 6.83. The number of aliphatic hydroxyl groups is 1. The van der Waals surface area contributed by atoms with Crippen LogP contribution in [0, 0.1) is 11.3 Å². The molecule has 2 aromatic heterocycles.